The minimum absolute atomic E-state index is 0.311. The van der Waals surface area contributed by atoms with Crippen molar-refractivity contribution in [1.82, 2.24) is 0 Å². The minimum atomic E-state index is -5.02. The molecule has 0 fully saturated rings. The average molecular weight is 601 g/mol. The Morgan fingerprint density at radius 3 is 1.56 bits per heavy atom. The Hall–Kier alpha value is -3.40. The van der Waals surface area contributed by atoms with Crippen LogP contribution in [0.2, 0.25) is 0 Å². The van der Waals surface area contributed by atoms with E-state index in [-0.39, 0.29) is 0 Å². The molecule has 0 radical (unpaired) electrons. The molecule has 9 heteroatoms. The third-order valence-electron chi connectivity index (χ3n) is 5.58. The molecule has 0 aliphatic carbocycles. The summed E-state index contributed by atoms with van der Waals surface area (Å²) in [4.78, 5) is 0.186. The number of ether oxygens (including phenoxy) is 2. The van der Waals surface area contributed by atoms with Crippen LogP contribution in [0.15, 0.2) is 117 Å². The smallest absolute Gasteiger partial charge is 0.313 e. The van der Waals surface area contributed by atoms with Gasteiger partial charge in [0.1, 0.15) is 34.3 Å². The fraction of sp³-hybridized carbons (Fsp3) is 0.250. The van der Waals surface area contributed by atoms with Crippen molar-refractivity contribution in [3.05, 3.63) is 109 Å². The molecule has 5 nitrogen and oxygen atoms in total. The zero-order valence-corrected chi connectivity index (χ0v) is 25.5. The molecule has 0 amide bonds. The second-order valence-electron chi connectivity index (χ2n) is 11.3. The van der Waals surface area contributed by atoms with Gasteiger partial charge < -0.3 is 9.47 Å². The molecular weight excluding hydrogens is 566 g/mol. The quantitative estimate of drug-likeness (QED) is 0.202. The molecule has 0 saturated carbocycles. The van der Waals surface area contributed by atoms with Gasteiger partial charge in [0.25, 0.3) is 0 Å². The fourth-order valence-corrected chi connectivity index (χ4v) is 9.56. The highest BCUT2D eigenvalue weighted by atomic mass is 32.3. The Kier molecular flexibility index (Phi) is 8.55. The van der Waals surface area contributed by atoms with E-state index in [2.05, 4.69) is 0 Å². The number of benzene rings is 4. The molecule has 218 valence electrons. The maximum atomic E-state index is 14.9. The van der Waals surface area contributed by atoms with Crippen LogP contribution in [0.4, 0.5) is 8.78 Å². The van der Waals surface area contributed by atoms with Crippen LogP contribution in [0, 0.1) is 11.6 Å². The van der Waals surface area contributed by atoms with Crippen molar-refractivity contribution in [3.63, 3.8) is 0 Å². The third-order valence-corrected chi connectivity index (χ3v) is 10.8. The van der Waals surface area contributed by atoms with Gasteiger partial charge in [-0.3, -0.25) is 0 Å². The van der Waals surface area contributed by atoms with Gasteiger partial charge in [0.15, 0.2) is 4.90 Å². The van der Waals surface area contributed by atoms with Gasteiger partial charge in [0.05, 0.1) is 4.90 Å². The van der Waals surface area contributed by atoms with Crippen LogP contribution in [-0.4, -0.2) is 19.6 Å². The van der Waals surface area contributed by atoms with Crippen LogP contribution in [0.5, 0.6) is 11.5 Å². The second-order valence-corrected chi connectivity index (χ2v) is 15.6. The first-order chi connectivity index (χ1) is 19.1. The van der Waals surface area contributed by atoms with E-state index in [0.717, 1.165) is 18.2 Å². The van der Waals surface area contributed by atoms with Gasteiger partial charge in [-0.1, -0.05) is 42.5 Å². The summed E-state index contributed by atoms with van der Waals surface area (Å²) in [6, 6.07) is 25.5. The lowest BCUT2D eigenvalue weighted by atomic mass is 10.2. The molecule has 0 spiro atoms. The molecule has 4 rings (SSSR count). The normalized spacial score (nSPS) is 13.1. The van der Waals surface area contributed by atoms with Crippen molar-refractivity contribution in [3.8, 4) is 11.5 Å². The van der Waals surface area contributed by atoms with Crippen LogP contribution in [0.25, 0.3) is 0 Å². The van der Waals surface area contributed by atoms with E-state index in [1.165, 1.54) is 0 Å². The van der Waals surface area contributed by atoms with E-state index in [0.29, 0.717) is 26.2 Å². The van der Waals surface area contributed by atoms with Crippen molar-refractivity contribution in [1.29, 1.82) is 0 Å². The van der Waals surface area contributed by atoms with Crippen LogP contribution < -0.4 is 9.47 Å². The van der Waals surface area contributed by atoms with Gasteiger partial charge in [-0.2, -0.15) is 8.42 Å². The Morgan fingerprint density at radius 2 is 1.10 bits per heavy atom. The average Bonchev–Trinajstić information content (AvgIpc) is 2.86. The largest absolute Gasteiger partial charge is 0.488 e. The van der Waals surface area contributed by atoms with E-state index >= 15 is 0 Å². The molecule has 0 atom stereocenters. The monoisotopic (exact) mass is 600 g/mol. The Labute approximate surface area is 242 Å². The molecular formula is C32H34F2O5S2. The van der Waals surface area contributed by atoms with Gasteiger partial charge in [-0.25, -0.2) is 12.4 Å². The maximum absolute atomic E-state index is 14.9. The molecule has 0 bridgehead atoms. The van der Waals surface area contributed by atoms with Gasteiger partial charge in [-0.15, -0.1) is 0 Å². The van der Waals surface area contributed by atoms with Gasteiger partial charge >= 0.3 is 10.1 Å². The van der Waals surface area contributed by atoms with Crippen molar-refractivity contribution in [2.24, 2.45) is 0 Å². The summed E-state index contributed by atoms with van der Waals surface area (Å²) in [5.74, 6) is -1.69. The first-order valence-corrected chi connectivity index (χ1v) is 15.9. The molecule has 0 heterocycles. The number of hydrogen-bond donors (Lipinski definition) is 0. The van der Waals surface area contributed by atoms with Gasteiger partial charge in [-0.05, 0) is 100 Å². The lowest BCUT2D eigenvalue weighted by Gasteiger charge is -2.41. The summed E-state index contributed by atoms with van der Waals surface area (Å²) in [5.41, 5.74) is -1.23. The Morgan fingerprint density at radius 1 is 0.610 bits per heavy atom. The van der Waals surface area contributed by atoms with Crippen LogP contribution in [0.3, 0.4) is 0 Å². The number of rotatable bonds is 8. The summed E-state index contributed by atoms with van der Waals surface area (Å²) in [6.07, 6.45) is 0. The third kappa shape index (κ3) is 6.92. The lowest BCUT2D eigenvalue weighted by Crippen LogP contribution is -2.25. The van der Waals surface area contributed by atoms with E-state index in [1.54, 1.807) is 78.9 Å². The topological polar surface area (TPSA) is 61.8 Å². The Bertz CT molecular complexity index is 1550. The SMILES string of the molecule is CC(C)(C)Oc1ccc(S(OS(=O)(=O)c2c(F)cccc2F)(c2ccccc2)c2ccccc2)c(OC(C)(C)C)c1. The molecule has 41 heavy (non-hydrogen) atoms. The molecule has 0 aliphatic rings. The van der Waals surface area contributed by atoms with E-state index < -0.39 is 48.2 Å². The Balaban J connectivity index is 2.11. The molecule has 0 aliphatic heterocycles. The van der Waals surface area contributed by atoms with Crippen molar-refractivity contribution >= 4 is 20.4 Å². The zero-order chi connectivity index (χ0) is 30.1. The molecule has 0 saturated heterocycles. The summed E-state index contributed by atoms with van der Waals surface area (Å²) >= 11 is 0. The lowest BCUT2D eigenvalue weighted by molar-refractivity contribution is 0.118. The van der Waals surface area contributed by atoms with E-state index in [4.69, 9.17) is 13.1 Å². The predicted octanol–water partition coefficient (Wildman–Crippen LogP) is 8.92. The van der Waals surface area contributed by atoms with Gasteiger partial charge in [0, 0.05) is 15.9 Å². The standard InChI is InChI=1S/C32H34F2O5S2/c1-31(2,3)37-23-20-21-29(28(22-23)38-32(4,5)6)40(24-14-9-7-10-15-24,25-16-11-8-12-17-25)39-41(35,36)30-26(33)18-13-19-27(30)34/h7-22H,1-6H3. The van der Waals surface area contributed by atoms with E-state index in [1.807, 2.05) is 41.5 Å². The van der Waals surface area contributed by atoms with Gasteiger partial charge in [0.2, 0.25) is 0 Å². The first kappa shape index (κ1) is 30.6. The zero-order valence-electron chi connectivity index (χ0n) is 23.9. The first-order valence-electron chi connectivity index (χ1n) is 13.0. The second kappa shape index (κ2) is 11.5. The summed E-state index contributed by atoms with van der Waals surface area (Å²) in [7, 11) is -8.26. The molecule has 0 aromatic heterocycles. The number of hydrogen-bond acceptors (Lipinski definition) is 5. The van der Waals surface area contributed by atoms with Crippen molar-refractivity contribution < 1.29 is 30.3 Å². The molecule has 4 aromatic carbocycles. The van der Waals surface area contributed by atoms with E-state index in [9.17, 15) is 17.2 Å². The van der Waals surface area contributed by atoms with Crippen LogP contribution >= 0.6 is 10.3 Å². The highest BCUT2D eigenvalue weighted by Gasteiger charge is 2.42. The maximum Gasteiger partial charge on any atom is 0.313 e. The molecule has 0 unspecified atom stereocenters. The number of halogens is 2. The highest BCUT2D eigenvalue weighted by Crippen LogP contribution is 2.72. The summed E-state index contributed by atoms with van der Waals surface area (Å²) < 4.78 is 76.4. The fourth-order valence-electron chi connectivity index (χ4n) is 4.17. The highest BCUT2D eigenvalue weighted by molar-refractivity contribution is 8.33. The minimum Gasteiger partial charge on any atom is -0.488 e. The summed E-state index contributed by atoms with van der Waals surface area (Å²) in [6.45, 7) is 11.3. The van der Waals surface area contributed by atoms with Crippen molar-refractivity contribution in [2.75, 3.05) is 0 Å². The molecule has 0 N–H and O–H groups in total. The predicted molar refractivity (Wildman–Crippen MR) is 157 cm³/mol. The summed E-state index contributed by atoms with van der Waals surface area (Å²) in [5, 5.41) is 0. The van der Waals surface area contributed by atoms with Crippen LogP contribution in [0.1, 0.15) is 41.5 Å². The van der Waals surface area contributed by atoms with Crippen molar-refractivity contribution in [2.45, 2.75) is 72.3 Å². The van der Waals surface area contributed by atoms with Crippen LogP contribution in [-0.2, 0) is 13.7 Å². The molecule has 4 aromatic rings.